The maximum Gasteiger partial charge on any atom is 0.195 e. The SMILES string of the molecule is CCCC(=O)C=O. The van der Waals surface area contributed by atoms with Gasteiger partial charge in [0.15, 0.2) is 12.1 Å². The Kier molecular flexibility index (Phi) is 3.19. The number of hydrogen-bond acceptors (Lipinski definition) is 2. The van der Waals surface area contributed by atoms with Crippen molar-refractivity contribution in [2.24, 2.45) is 0 Å². The minimum atomic E-state index is -0.303. The van der Waals surface area contributed by atoms with Gasteiger partial charge in [0.2, 0.25) is 0 Å². The van der Waals surface area contributed by atoms with Gasteiger partial charge in [0.05, 0.1) is 0 Å². The van der Waals surface area contributed by atoms with Gasteiger partial charge in [0, 0.05) is 6.42 Å². The molecule has 40 valence electrons. The third-order valence-corrected chi connectivity index (χ3v) is 0.628. The Labute approximate surface area is 42.5 Å². The Hall–Kier alpha value is -0.660. The number of rotatable bonds is 3. The van der Waals surface area contributed by atoms with Crippen molar-refractivity contribution < 1.29 is 9.59 Å². The molecule has 2 heteroatoms. The highest BCUT2D eigenvalue weighted by Crippen LogP contribution is 1.83. The van der Waals surface area contributed by atoms with E-state index in [1.807, 2.05) is 6.92 Å². The molecule has 0 spiro atoms. The summed E-state index contributed by atoms with van der Waals surface area (Å²) < 4.78 is 0. The molecule has 0 N–H and O–H groups in total. The summed E-state index contributed by atoms with van der Waals surface area (Å²) in [4.78, 5) is 19.6. The van der Waals surface area contributed by atoms with Crippen LogP contribution in [0.1, 0.15) is 19.8 Å². The Morgan fingerprint density at radius 2 is 2.29 bits per heavy atom. The van der Waals surface area contributed by atoms with Gasteiger partial charge in [0.1, 0.15) is 0 Å². The predicted molar refractivity (Wildman–Crippen MR) is 26.0 cm³/mol. The van der Waals surface area contributed by atoms with Gasteiger partial charge in [-0.2, -0.15) is 0 Å². The Balaban J connectivity index is 3.17. The molecule has 0 saturated carbocycles. The van der Waals surface area contributed by atoms with Gasteiger partial charge in [-0.3, -0.25) is 9.59 Å². The van der Waals surface area contributed by atoms with Crippen LogP contribution >= 0.6 is 0 Å². The van der Waals surface area contributed by atoms with Gasteiger partial charge in [-0.25, -0.2) is 0 Å². The van der Waals surface area contributed by atoms with Gasteiger partial charge in [-0.1, -0.05) is 6.92 Å². The van der Waals surface area contributed by atoms with Crippen LogP contribution in [0, 0.1) is 0 Å². The minimum absolute atomic E-state index is 0.303. The molecule has 2 nitrogen and oxygen atoms in total. The van der Waals surface area contributed by atoms with Crippen molar-refractivity contribution in [3.05, 3.63) is 0 Å². The second kappa shape index (κ2) is 3.53. The topological polar surface area (TPSA) is 34.1 Å². The summed E-state index contributed by atoms with van der Waals surface area (Å²) in [5.74, 6) is -0.303. The second-order valence-electron chi connectivity index (χ2n) is 1.33. The van der Waals surface area contributed by atoms with Crippen molar-refractivity contribution in [2.75, 3.05) is 0 Å². The first-order chi connectivity index (χ1) is 3.31. The van der Waals surface area contributed by atoms with E-state index >= 15 is 0 Å². The molecule has 0 aromatic heterocycles. The second-order valence-corrected chi connectivity index (χ2v) is 1.33. The normalized spacial score (nSPS) is 8.14. The van der Waals surface area contributed by atoms with Crippen LogP contribution in [0.3, 0.4) is 0 Å². The van der Waals surface area contributed by atoms with E-state index in [0.717, 1.165) is 6.42 Å². The number of carbonyl (C=O) groups excluding carboxylic acids is 2. The first-order valence-corrected chi connectivity index (χ1v) is 2.29. The smallest absolute Gasteiger partial charge is 0.195 e. The van der Waals surface area contributed by atoms with E-state index in [1.54, 1.807) is 0 Å². The van der Waals surface area contributed by atoms with Crippen LogP contribution in [0.15, 0.2) is 0 Å². The van der Waals surface area contributed by atoms with Crippen LogP contribution in [0.5, 0.6) is 0 Å². The fraction of sp³-hybridized carbons (Fsp3) is 0.600. The molecule has 0 atom stereocenters. The number of aldehydes is 1. The highest BCUT2D eigenvalue weighted by atomic mass is 16.2. The van der Waals surface area contributed by atoms with Crippen molar-refractivity contribution >= 4 is 12.1 Å². The van der Waals surface area contributed by atoms with Crippen LogP contribution < -0.4 is 0 Å². The lowest BCUT2D eigenvalue weighted by Gasteiger charge is -1.79. The average Bonchev–Trinajstić information content (AvgIpc) is 1.68. The molecule has 0 radical (unpaired) electrons. The van der Waals surface area contributed by atoms with E-state index < -0.39 is 0 Å². The van der Waals surface area contributed by atoms with Crippen LogP contribution in [0.2, 0.25) is 0 Å². The molecule has 0 aliphatic rings. The summed E-state index contributed by atoms with van der Waals surface area (Å²) in [5, 5.41) is 0. The summed E-state index contributed by atoms with van der Waals surface area (Å²) in [6, 6.07) is 0. The molecule has 0 bridgehead atoms. The predicted octanol–water partition coefficient (Wildman–Crippen LogP) is 0.554. The molecule has 0 aliphatic carbocycles. The zero-order valence-corrected chi connectivity index (χ0v) is 4.31. The molecule has 0 saturated heterocycles. The standard InChI is InChI=1S/C5H8O2/c1-2-3-5(7)4-6/h4H,2-3H2,1H3. The Morgan fingerprint density at radius 1 is 1.71 bits per heavy atom. The minimum Gasteiger partial charge on any atom is -0.295 e. The van der Waals surface area contributed by atoms with Gasteiger partial charge in [-0.05, 0) is 6.42 Å². The molecule has 0 fully saturated rings. The summed E-state index contributed by atoms with van der Waals surface area (Å²) in [6.07, 6.45) is 1.52. The van der Waals surface area contributed by atoms with Crippen molar-refractivity contribution in [1.82, 2.24) is 0 Å². The lowest BCUT2D eigenvalue weighted by atomic mass is 10.2. The van der Waals surface area contributed by atoms with Gasteiger partial charge in [-0.15, -0.1) is 0 Å². The van der Waals surface area contributed by atoms with E-state index in [1.165, 1.54) is 0 Å². The van der Waals surface area contributed by atoms with Crippen molar-refractivity contribution in [3.8, 4) is 0 Å². The summed E-state index contributed by atoms with van der Waals surface area (Å²) >= 11 is 0. The van der Waals surface area contributed by atoms with Gasteiger partial charge in [0.25, 0.3) is 0 Å². The lowest BCUT2D eigenvalue weighted by molar-refractivity contribution is -0.129. The third-order valence-electron chi connectivity index (χ3n) is 0.628. The monoisotopic (exact) mass is 100 g/mol. The summed E-state index contributed by atoms with van der Waals surface area (Å²) in [6.45, 7) is 1.86. The van der Waals surface area contributed by atoms with E-state index in [-0.39, 0.29) is 5.78 Å². The molecule has 0 aromatic rings. The number of hydrogen-bond donors (Lipinski definition) is 0. The van der Waals surface area contributed by atoms with Crippen LogP contribution in [-0.2, 0) is 9.59 Å². The maximum absolute atomic E-state index is 10.0. The fourth-order valence-electron chi connectivity index (χ4n) is 0.305. The largest absolute Gasteiger partial charge is 0.295 e. The third kappa shape index (κ3) is 3.16. The molecule has 7 heavy (non-hydrogen) atoms. The highest BCUT2D eigenvalue weighted by molar-refractivity contribution is 6.24. The zero-order chi connectivity index (χ0) is 5.70. The Bertz CT molecular complexity index is 76.1. The highest BCUT2D eigenvalue weighted by Gasteiger charge is 1.92. The lowest BCUT2D eigenvalue weighted by Crippen LogP contribution is -1.95. The number of carbonyl (C=O) groups is 2. The fourth-order valence-corrected chi connectivity index (χ4v) is 0.305. The van der Waals surface area contributed by atoms with E-state index in [9.17, 15) is 9.59 Å². The molecule has 0 aliphatic heterocycles. The molecule has 0 rings (SSSR count). The van der Waals surface area contributed by atoms with E-state index in [0.29, 0.717) is 12.7 Å². The molecule has 0 unspecified atom stereocenters. The first-order valence-electron chi connectivity index (χ1n) is 2.29. The van der Waals surface area contributed by atoms with Crippen molar-refractivity contribution in [1.29, 1.82) is 0 Å². The summed E-state index contributed by atoms with van der Waals surface area (Å²) in [5.41, 5.74) is 0. The van der Waals surface area contributed by atoms with Crippen LogP contribution in [0.4, 0.5) is 0 Å². The van der Waals surface area contributed by atoms with Crippen molar-refractivity contribution in [2.45, 2.75) is 19.8 Å². The first kappa shape index (κ1) is 6.34. The molecule has 0 aromatic carbocycles. The quantitative estimate of drug-likeness (QED) is 0.383. The van der Waals surface area contributed by atoms with E-state index in [2.05, 4.69) is 0 Å². The van der Waals surface area contributed by atoms with Gasteiger partial charge < -0.3 is 0 Å². The van der Waals surface area contributed by atoms with E-state index in [4.69, 9.17) is 0 Å². The number of Topliss-reactive ketones (excluding diaryl/α,β-unsaturated/α-hetero) is 1. The molecule has 0 amide bonds. The molecular weight excluding hydrogens is 92.1 g/mol. The number of ketones is 1. The van der Waals surface area contributed by atoms with Crippen molar-refractivity contribution in [3.63, 3.8) is 0 Å². The summed E-state index contributed by atoms with van der Waals surface area (Å²) in [7, 11) is 0. The van der Waals surface area contributed by atoms with Crippen LogP contribution in [0.25, 0.3) is 0 Å². The average molecular weight is 100 g/mol. The molecular formula is C5H8O2. The van der Waals surface area contributed by atoms with Crippen LogP contribution in [-0.4, -0.2) is 12.1 Å². The zero-order valence-electron chi connectivity index (χ0n) is 4.31. The maximum atomic E-state index is 10.0. The molecule has 0 heterocycles. The Morgan fingerprint density at radius 3 is 2.43 bits per heavy atom. The van der Waals surface area contributed by atoms with Gasteiger partial charge >= 0.3 is 0 Å².